The van der Waals surface area contributed by atoms with Crippen LogP contribution in [0.25, 0.3) is 11.3 Å². The third-order valence-corrected chi connectivity index (χ3v) is 5.68. The van der Waals surface area contributed by atoms with Crippen LogP contribution in [0.3, 0.4) is 0 Å². The van der Waals surface area contributed by atoms with Crippen molar-refractivity contribution in [1.82, 2.24) is 19.2 Å². The van der Waals surface area contributed by atoms with Crippen molar-refractivity contribution in [3.05, 3.63) is 107 Å². The van der Waals surface area contributed by atoms with Crippen molar-refractivity contribution in [3.63, 3.8) is 0 Å². The number of nitrogens with one attached hydrogen (secondary N) is 1. The molecule has 7 nitrogen and oxygen atoms in total. The summed E-state index contributed by atoms with van der Waals surface area (Å²) in [5, 5.41) is 7.59. The van der Waals surface area contributed by atoms with Crippen molar-refractivity contribution in [3.8, 4) is 11.4 Å². The normalized spacial score (nSPS) is 11.0. The summed E-state index contributed by atoms with van der Waals surface area (Å²) in [6.45, 7) is 6.23. The quantitative estimate of drug-likeness (QED) is 0.381. The molecule has 3 aromatic heterocycles. The van der Waals surface area contributed by atoms with E-state index >= 15 is 0 Å². The van der Waals surface area contributed by atoms with Gasteiger partial charge in [-0.15, -0.1) is 0 Å². The van der Waals surface area contributed by atoms with Crippen LogP contribution in [-0.4, -0.2) is 25.1 Å². The summed E-state index contributed by atoms with van der Waals surface area (Å²) in [5.41, 5.74) is 6.75. The number of carbonyl (C=O) groups excluding carboxylic acids is 1. The molecule has 3 heterocycles. The Morgan fingerprint density at radius 3 is 2.47 bits per heavy atom. The van der Waals surface area contributed by atoms with Crippen molar-refractivity contribution in [1.29, 1.82) is 0 Å². The van der Waals surface area contributed by atoms with Crippen molar-refractivity contribution < 1.29 is 9.53 Å². The Kier molecular flexibility index (Phi) is 5.59. The molecule has 0 unspecified atom stereocenters. The van der Waals surface area contributed by atoms with Crippen LogP contribution in [0.2, 0.25) is 0 Å². The summed E-state index contributed by atoms with van der Waals surface area (Å²) in [4.78, 5) is 17.4. The predicted molar refractivity (Wildman–Crippen MR) is 132 cm³/mol. The van der Waals surface area contributed by atoms with Crippen molar-refractivity contribution in [2.75, 3.05) is 5.32 Å². The molecule has 34 heavy (non-hydrogen) atoms. The number of fused-ring (bicyclic) bond motifs is 1. The zero-order chi connectivity index (χ0) is 23.7. The van der Waals surface area contributed by atoms with Gasteiger partial charge in [0.25, 0.3) is 5.91 Å². The van der Waals surface area contributed by atoms with E-state index in [9.17, 15) is 4.79 Å². The fourth-order valence-corrected chi connectivity index (χ4v) is 3.91. The van der Waals surface area contributed by atoms with E-state index in [2.05, 4.69) is 15.4 Å². The molecule has 0 spiro atoms. The molecule has 0 aliphatic rings. The van der Waals surface area contributed by atoms with E-state index < -0.39 is 0 Å². The average Bonchev–Trinajstić information content (AvgIpc) is 3.38. The number of amides is 1. The van der Waals surface area contributed by atoms with Crippen LogP contribution >= 0.6 is 0 Å². The molecule has 5 rings (SSSR count). The minimum Gasteiger partial charge on any atom is -0.487 e. The van der Waals surface area contributed by atoms with Crippen molar-refractivity contribution in [2.45, 2.75) is 27.4 Å². The summed E-state index contributed by atoms with van der Waals surface area (Å²) in [7, 11) is 0. The first-order chi connectivity index (χ1) is 16.5. The van der Waals surface area contributed by atoms with Crippen LogP contribution < -0.4 is 10.1 Å². The maximum Gasteiger partial charge on any atom is 0.255 e. The molecule has 2 aromatic carbocycles. The van der Waals surface area contributed by atoms with E-state index in [1.807, 2.05) is 84.7 Å². The minimum absolute atomic E-state index is 0.193. The lowest BCUT2D eigenvalue weighted by Crippen LogP contribution is -2.13. The number of benzene rings is 2. The molecular weight excluding hydrogens is 426 g/mol. The second-order valence-corrected chi connectivity index (χ2v) is 8.26. The van der Waals surface area contributed by atoms with Crippen LogP contribution in [-0.2, 0) is 6.61 Å². The maximum atomic E-state index is 12.9. The van der Waals surface area contributed by atoms with Gasteiger partial charge in [-0.05, 0) is 68.8 Å². The number of aromatic nitrogens is 4. The van der Waals surface area contributed by atoms with Gasteiger partial charge in [0, 0.05) is 18.0 Å². The van der Waals surface area contributed by atoms with Crippen LogP contribution in [0, 0.1) is 20.8 Å². The number of ether oxygens (including phenoxy) is 1. The van der Waals surface area contributed by atoms with E-state index in [1.165, 1.54) is 5.56 Å². The monoisotopic (exact) mass is 451 g/mol. The summed E-state index contributed by atoms with van der Waals surface area (Å²) in [5.74, 6) is 0.482. The number of nitrogens with zero attached hydrogens (tertiary/aromatic N) is 4. The lowest BCUT2D eigenvalue weighted by Gasteiger charge is -2.08. The number of hydrogen-bond acceptors (Lipinski definition) is 4. The molecule has 0 atom stereocenters. The van der Waals surface area contributed by atoms with Gasteiger partial charge in [-0.2, -0.15) is 5.10 Å². The molecule has 0 saturated carbocycles. The van der Waals surface area contributed by atoms with Crippen molar-refractivity contribution in [2.24, 2.45) is 0 Å². The largest absolute Gasteiger partial charge is 0.487 e. The van der Waals surface area contributed by atoms with Gasteiger partial charge in [-0.3, -0.25) is 4.79 Å². The number of hydrogen-bond donors (Lipinski definition) is 1. The molecule has 0 aliphatic heterocycles. The van der Waals surface area contributed by atoms with Gasteiger partial charge in [0.2, 0.25) is 0 Å². The van der Waals surface area contributed by atoms with E-state index in [4.69, 9.17) is 4.74 Å². The average molecular weight is 452 g/mol. The fraction of sp³-hybridized carbons (Fsp3) is 0.148. The Hall–Kier alpha value is -4.39. The number of imidazole rings is 1. The summed E-state index contributed by atoms with van der Waals surface area (Å²) < 4.78 is 9.70. The third kappa shape index (κ3) is 4.28. The molecule has 7 heteroatoms. The van der Waals surface area contributed by atoms with E-state index in [1.54, 1.807) is 24.3 Å². The number of aryl methyl sites for hydroxylation is 2. The molecule has 0 bridgehead atoms. The molecule has 0 aliphatic carbocycles. The second-order valence-electron chi connectivity index (χ2n) is 8.26. The van der Waals surface area contributed by atoms with Crippen molar-refractivity contribution >= 4 is 17.2 Å². The van der Waals surface area contributed by atoms with Gasteiger partial charge in [0.05, 0.1) is 28.5 Å². The van der Waals surface area contributed by atoms with E-state index in [-0.39, 0.29) is 5.91 Å². The number of anilines is 1. The van der Waals surface area contributed by atoms with Gasteiger partial charge < -0.3 is 14.5 Å². The Balaban J connectivity index is 1.25. The van der Waals surface area contributed by atoms with Gasteiger partial charge in [-0.1, -0.05) is 24.3 Å². The first kappa shape index (κ1) is 21.5. The predicted octanol–water partition coefficient (Wildman–Crippen LogP) is 5.28. The standard InChI is InChI=1S/C27H25N5O2/c1-18-9-14-25-28-22(16-31(25)15-18)17-34-24-12-10-21(11-13-24)27(33)29-26-19(2)30-32(20(26)3)23-7-5-4-6-8-23/h4-16H,17H2,1-3H3,(H,29,33). The van der Waals surface area contributed by atoms with Gasteiger partial charge >= 0.3 is 0 Å². The molecule has 1 amide bonds. The van der Waals surface area contributed by atoms with Crippen LogP contribution in [0.1, 0.15) is 33.0 Å². The number of para-hydroxylation sites is 1. The highest BCUT2D eigenvalue weighted by Gasteiger charge is 2.16. The topological polar surface area (TPSA) is 73.4 Å². The first-order valence-electron chi connectivity index (χ1n) is 11.1. The first-order valence-corrected chi connectivity index (χ1v) is 11.1. The van der Waals surface area contributed by atoms with Crippen LogP contribution in [0.5, 0.6) is 5.75 Å². The molecular formula is C27H25N5O2. The Morgan fingerprint density at radius 1 is 0.941 bits per heavy atom. The SMILES string of the molecule is Cc1ccc2nc(COc3ccc(C(=O)Nc4c(C)nn(-c5ccccc5)c4C)cc3)cn2c1. The van der Waals surface area contributed by atoms with Gasteiger partial charge in [0.1, 0.15) is 18.0 Å². The maximum absolute atomic E-state index is 12.9. The summed E-state index contributed by atoms with van der Waals surface area (Å²) >= 11 is 0. The van der Waals surface area contributed by atoms with Crippen LogP contribution in [0.15, 0.2) is 79.1 Å². The Morgan fingerprint density at radius 2 is 1.71 bits per heavy atom. The molecule has 5 aromatic rings. The smallest absolute Gasteiger partial charge is 0.255 e. The highest BCUT2D eigenvalue weighted by Crippen LogP contribution is 2.24. The Bertz CT molecular complexity index is 1470. The molecule has 0 fully saturated rings. The van der Waals surface area contributed by atoms with E-state index in [0.717, 1.165) is 34.1 Å². The summed E-state index contributed by atoms with van der Waals surface area (Å²) in [6, 6.07) is 21.0. The highest BCUT2D eigenvalue weighted by molar-refractivity contribution is 6.05. The number of carbonyl (C=O) groups is 1. The molecule has 0 radical (unpaired) electrons. The molecule has 170 valence electrons. The highest BCUT2D eigenvalue weighted by atomic mass is 16.5. The van der Waals surface area contributed by atoms with Crippen LogP contribution in [0.4, 0.5) is 5.69 Å². The third-order valence-electron chi connectivity index (χ3n) is 5.68. The number of pyridine rings is 1. The summed E-state index contributed by atoms with van der Waals surface area (Å²) in [6.07, 6.45) is 4.00. The zero-order valence-corrected chi connectivity index (χ0v) is 19.3. The zero-order valence-electron chi connectivity index (χ0n) is 19.3. The number of rotatable bonds is 6. The fourth-order valence-electron chi connectivity index (χ4n) is 3.91. The lowest BCUT2D eigenvalue weighted by atomic mass is 10.2. The Labute approximate surface area is 197 Å². The second kappa shape index (κ2) is 8.86. The van der Waals surface area contributed by atoms with Gasteiger partial charge in [0.15, 0.2) is 0 Å². The van der Waals surface area contributed by atoms with Gasteiger partial charge in [-0.25, -0.2) is 9.67 Å². The molecule has 1 N–H and O–H groups in total. The lowest BCUT2D eigenvalue weighted by molar-refractivity contribution is 0.102. The minimum atomic E-state index is -0.193. The van der Waals surface area contributed by atoms with E-state index in [0.29, 0.717) is 17.9 Å². The molecule has 0 saturated heterocycles.